The number of methoxy groups -OCH3 is 1. The van der Waals surface area contributed by atoms with Crippen molar-refractivity contribution < 1.29 is 9.53 Å². The van der Waals surface area contributed by atoms with Gasteiger partial charge in [0, 0.05) is 27.1 Å². The zero-order valence-corrected chi connectivity index (χ0v) is 9.43. The molecule has 0 rings (SSSR count). The largest absolute Gasteiger partial charge is 0.383 e. The Morgan fingerprint density at radius 3 is 2.67 bits per heavy atom. The lowest BCUT2D eigenvalue weighted by molar-refractivity contribution is -0.129. The maximum absolute atomic E-state index is 11.1. The van der Waals surface area contributed by atoms with Crippen LogP contribution in [-0.2, 0) is 9.53 Å². The highest BCUT2D eigenvalue weighted by molar-refractivity contribution is 9.09. The maximum Gasteiger partial charge on any atom is 0.222 e. The standard InChI is InChI=1S/C8H16BrNO2/c1-4-8(11)10(2)5-7(9)6-12-3/h7H,4-6H2,1-3H3. The van der Waals surface area contributed by atoms with Crippen molar-refractivity contribution in [1.29, 1.82) is 0 Å². The fraction of sp³-hybridized carbons (Fsp3) is 0.875. The van der Waals surface area contributed by atoms with Crippen molar-refractivity contribution in [2.75, 3.05) is 27.3 Å². The highest BCUT2D eigenvalue weighted by Crippen LogP contribution is 2.02. The number of carbonyl (C=O) groups is 1. The molecule has 72 valence electrons. The smallest absolute Gasteiger partial charge is 0.222 e. The van der Waals surface area contributed by atoms with Crippen molar-refractivity contribution in [3.63, 3.8) is 0 Å². The summed E-state index contributed by atoms with van der Waals surface area (Å²) in [7, 11) is 3.45. The van der Waals surface area contributed by atoms with Gasteiger partial charge in [-0.2, -0.15) is 0 Å². The Morgan fingerprint density at radius 2 is 2.25 bits per heavy atom. The van der Waals surface area contributed by atoms with Crippen LogP contribution < -0.4 is 0 Å². The number of rotatable bonds is 5. The molecule has 12 heavy (non-hydrogen) atoms. The van der Waals surface area contributed by atoms with Crippen LogP contribution in [0.25, 0.3) is 0 Å². The number of hydrogen-bond donors (Lipinski definition) is 0. The first-order chi connectivity index (χ1) is 5.61. The molecule has 1 unspecified atom stereocenters. The number of nitrogens with zero attached hydrogens (tertiary/aromatic N) is 1. The summed E-state index contributed by atoms with van der Waals surface area (Å²) >= 11 is 3.42. The summed E-state index contributed by atoms with van der Waals surface area (Å²) in [4.78, 5) is 13.0. The van der Waals surface area contributed by atoms with Gasteiger partial charge < -0.3 is 9.64 Å². The van der Waals surface area contributed by atoms with Gasteiger partial charge in [0.2, 0.25) is 5.91 Å². The molecule has 0 heterocycles. The summed E-state index contributed by atoms with van der Waals surface area (Å²) in [6.45, 7) is 3.18. The topological polar surface area (TPSA) is 29.5 Å². The van der Waals surface area contributed by atoms with E-state index in [0.717, 1.165) is 0 Å². The van der Waals surface area contributed by atoms with Gasteiger partial charge in [-0.3, -0.25) is 4.79 Å². The fourth-order valence-corrected chi connectivity index (χ4v) is 1.60. The molecule has 0 fully saturated rings. The minimum absolute atomic E-state index is 0.163. The van der Waals surface area contributed by atoms with Gasteiger partial charge in [0.15, 0.2) is 0 Å². The van der Waals surface area contributed by atoms with E-state index in [-0.39, 0.29) is 10.7 Å². The Morgan fingerprint density at radius 1 is 1.67 bits per heavy atom. The number of halogens is 1. The van der Waals surface area contributed by atoms with Gasteiger partial charge in [0.1, 0.15) is 0 Å². The molecule has 1 atom stereocenters. The Bertz CT molecular complexity index is 141. The summed E-state index contributed by atoms with van der Waals surface area (Å²) in [6.07, 6.45) is 0.559. The molecule has 0 aromatic rings. The van der Waals surface area contributed by atoms with Gasteiger partial charge in [-0.05, 0) is 0 Å². The lowest BCUT2D eigenvalue weighted by atomic mass is 10.3. The van der Waals surface area contributed by atoms with Crippen LogP contribution in [-0.4, -0.2) is 42.9 Å². The lowest BCUT2D eigenvalue weighted by Crippen LogP contribution is -2.33. The van der Waals surface area contributed by atoms with E-state index in [1.807, 2.05) is 6.92 Å². The number of ether oxygens (including phenoxy) is 1. The van der Waals surface area contributed by atoms with Crippen molar-refractivity contribution in [3.8, 4) is 0 Å². The molecule has 0 aliphatic rings. The van der Waals surface area contributed by atoms with Crippen molar-refractivity contribution >= 4 is 21.8 Å². The van der Waals surface area contributed by atoms with E-state index in [1.54, 1.807) is 19.1 Å². The zero-order valence-electron chi connectivity index (χ0n) is 7.84. The summed E-state index contributed by atoms with van der Waals surface area (Å²) in [5.74, 6) is 0.163. The highest BCUT2D eigenvalue weighted by atomic mass is 79.9. The second-order valence-corrected chi connectivity index (χ2v) is 3.98. The first-order valence-electron chi connectivity index (χ1n) is 3.98. The van der Waals surface area contributed by atoms with E-state index < -0.39 is 0 Å². The van der Waals surface area contributed by atoms with Crippen molar-refractivity contribution in [1.82, 2.24) is 4.90 Å². The van der Waals surface area contributed by atoms with E-state index in [0.29, 0.717) is 19.6 Å². The molecular weight excluding hydrogens is 222 g/mol. The third-order valence-electron chi connectivity index (χ3n) is 1.55. The molecule has 0 saturated carbocycles. The molecule has 0 spiro atoms. The van der Waals surface area contributed by atoms with Crippen LogP contribution in [0.15, 0.2) is 0 Å². The monoisotopic (exact) mass is 237 g/mol. The molecule has 0 aliphatic carbocycles. The Balaban J connectivity index is 3.67. The van der Waals surface area contributed by atoms with Crippen molar-refractivity contribution in [2.45, 2.75) is 18.2 Å². The molecular formula is C8H16BrNO2. The SMILES string of the molecule is CCC(=O)N(C)CC(Br)COC. The number of alkyl halides is 1. The van der Waals surface area contributed by atoms with E-state index in [1.165, 1.54) is 0 Å². The average molecular weight is 238 g/mol. The number of carbonyl (C=O) groups excluding carboxylic acids is 1. The number of amides is 1. The minimum atomic E-state index is 0.163. The van der Waals surface area contributed by atoms with Gasteiger partial charge >= 0.3 is 0 Å². The highest BCUT2D eigenvalue weighted by Gasteiger charge is 2.10. The van der Waals surface area contributed by atoms with E-state index >= 15 is 0 Å². The van der Waals surface area contributed by atoms with Crippen molar-refractivity contribution in [3.05, 3.63) is 0 Å². The van der Waals surface area contributed by atoms with Gasteiger partial charge in [-0.1, -0.05) is 22.9 Å². The van der Waals surface area contributed by atoms with Crippen LogP contribution in [0.5, 0.6) is 0 Å². The third-order valence-corrected chi connectivity index (χ3v) is 2.10. The first-order valence-corrected chi connectivity index (χ1v) is 4.90. The zero-order chi connectivity index (χ0) is 9.56. The molecule has 0 aromatic carbocycles. The van der Waals surface area contributed by atoms with Crippen LogP contribution in [0.2, 0.25) is 0 Å². The molecule has 0 saturated heterocycles. The van der Waals surface area contributed by atoms with Crippen LogP contribution in [0.3, 0.4) is 0 Å². The Kier molecular flexibility index (Phi) is 6.38. The van der Waals surface area contributed by atoms with Crippen LogP contribution in [0.1, 0.15) is 13.3 Å². The summed E-state index contributed by atoms with van der Waals surface area (Å²) in [5, 5.41) is 0. The molecule has 3 nitrogen and oxygen atoms in total. The van der Waals surface area contributed by atoms with E-state index in [4.69, 9.17) is 4.74 Å². The second kappa shape index (κ2) is 6.43. The maximum atomic E-state index is 11.1. The van der Waals surface area contributed by atoms with Gasteiger partial charge in [-0.15, -0.1) is 0 Å². The third kappa shape index (κ3) is 4.72. The van der Waals surface area contributed by atoms with Gasteiger partial charge in [0.25, 0.3) is 0 Å². The molecule has 4 heteroatoms. The number of hydrogen-bond acceptors (Lipinski definition) is 2. The Labute approximate surface area is 82.2 Å². The predicted octanol–water partition coefficient (Wildman–Crippen LogP) is 1.26. The first kappa shape index (κ1) is 11.9. The van der Waals surface area contributed by atoms with Crippen LogP contribution >= 0.6 is 15.9 Å². The fourth-order valence-electron chi connectivity index (χ4n) is 0.902. The van der Waals surface area contributed by atoms with Crippen LogP contribution in [0, 0.1) is 0 Å². The summed E-state index contributed by atoms with van der Waals surface area (Å²) < 4.78 is 4.93. The molecule has 0 radical (unpaired) electrons. The second-order valence-electron chi connectivity index (χ2n) is 2.68. The van der Waals surface area contributed by atoms with E-state index in [9.17, 15) is 4.79 Å². The van der Waals surface area contributed by atoms with Gasteiger partial charge in [-0.25, -0.2) is 0 Å². The normalized spacial score (nSPS) is 12.7. The molecule has 1 amide bonds. The quantitative estimate of drug-likeness (QED) is 0.675. The van der Waals surface area contributed by atoms with E-state index in [2.05, 4.69) is 15.9 Å². The molecule has 0 aromatic heterocycles. The molecule has 0 N–H and O–H groups in total. The van der Waals surface area contributed by atoms with Crippen LogP contribution in [0.4, 0.5) is 0 Å². The Hall–Kier alpha value is -0.0900. The predicted molar refractivity (Wildman–Crippen MR) is 52.5 cm³/mol. The molecule has 0 aliphatic heterocycles. The van der Waals surface area contributed by atoms with Crippen molar-refractivity contribution in [2.24, 2.45) is 0 Å². The average Bonchev–Trinajstić information content (AvgIpc) is 2.03. The lowest BCUT2D eigenvalue weighted by Gasteiger charge is -2.19. The minimum Gasteiger partial charge on any atom is -0.383 e. The summed E-state index contributed by atoms with van der Waals surface area (Å²) in [5.41, 5.74) is 0. The summed E-state index contributed by atoms with van der Waals surface area (Å²) in [6, 6.07) is 0. The van der Waals surface area contributed by atoms with Gasteiger partial charge in [0.05, 0.1) is 11.4 Å². The molecule has 0 bridgehead atoms.